The number of rotatable bonds is 31. The van der Waals surface area contributed by atoms with Crippen molar-refractivity contribution in [3.63, 3.8) is 0 Å². The van der Waals surface area contributed by atoms with E-state index in [4.69, 9.17) is 14.2 Å². The number of esters is 3. The topological polar surface area (TPSA) is 199 Å². The molecule has 1 heterocycles. The number of nitrogens with zero attached hydrogens (tertiary/aromatic N) is 1. The van der Waals surface area contributed by atoms with Gasteiger partial charge in [0.1, 0.15) is 23.7 Å². The van der Waals surface area contributed by atoms with E-state index in [-0.39, 0.29) is 60.1 Å². The smallest absolute Gasteiger partial charge is 0.347 e. The zero-order chi connectivity index (χ0) is 49.2. The molecule has 3 amide bonds. The van der Waals surface area contributed by atoms with E-state index in [1.54, 1.807) is 44.2 Å². The summed E-state index contributed by atoms with van der Waals surface area (Å²) < 4.78 is 16.6. The van der Waals surface area contributed by atoms with Gasteiger partial charge in [-0.05, 0) is 74.9 Å². The zero-order valence-corrected chi connectivity index (χ0v) is 40.7. The fourth-order valence-electron chi connectivity index (χ4n) is 5.90. The van der Waals surface area contributed by atoms with E-state index in [1.807, 2.05) is 18.2 Å². The molecule has 1 aromatic heterocycles. The quantitative estimate of drug-likeness (QED) is 0.0119. The number of benzene rings is 2. The fourth-order valence-corrected chi connectivity index (χ4v) is 7.71. The third kappa shape index (κ3) is 22.9. The number of carbonyl (C=O) groups excluding carboxylic acids is 6. The van der Waals surface area contributed by atoms with Gasteiger partial charge < -0.3 is 35.3 Å². The predicted octanol–water partition coefficient (Wildman–Crippen LogP) is 9.07. The zero-order valence-electron chi connectivity index (χ0n) is 39.1. The Balaban J connectivity index is 1.34. The molecule has 364 valence electrons. The Kier molecular flexibility index (Phi) is 27.3. The SMILES string of the molecule is CCC=CCC=CCC=CCC=CC=CCCCC(=O)OCC(C)(C)C(OC(=O)c1cccnc1)C(=O)NCCC(=O)NCCSSCCNC(=O)c1ccccc1OC(=O)c1ccccc1O. The fraction of sp³-hybridized carbons (Fsp3) is 0.365. The number of unbranched alkanes of at least 4 members (excludes halogenated alkanes) is 1. The van der Waals surface area contributed by atoms with Gasteiger partial charge in [-0.1, -0.05) is 127 Å². The van der Waals surface area contributed by atoms with E-state index in [9.17, 15) is 33.9 Å². The molecular weight excluding hydrogens is 905 g/mol. The summed E-state index contributed by atoms with van der Waals surface area (Å²) in [5.41, 5.74) is -0.842. The van der Waals surface area contributed by atoms with Crippen LogP contribution in [0.15, 0.2) is 134 Å². The first-order valence-corrected chi connectivity index (χ1v) is 25.1. The molecule has 0 radical (unpaired) electrons. The number of phenolic OH excluding ortho intramolecular Hbond substituents is 1. The molecule has 2 aromatic carbocycles. The highest BCUT2D eigenvalue weighted by Crippen LogP contribution is 2.27. The molecule has 0 aliphatic heterocycles. The molecule has 0 aliphatic rings. The van der Waals surface area contributed by atoms with Gasteiger partial charge in [0.05, 0.1) is 11.1 Å². The summed E-state index contributed by atoms with van der Waals surface area (Å²) in [7, 11) is 3.00. The van der Waals surface area contributed by atoms with E-state index < -0.39 is 41.2 Å². The predicted molar refractivity (Wildman–Crippen MR) is 269 cm³/mol. The summed E-state index contributed by atoms with van der Waals surface area (Å²) in [6.07, 6.45) is 27.5. The number of aromatic hydroxyl groups is 1. The van der Waals surface area contributed by atoms with Crippen molar-refractivity contribution >= 4 is 57.2 Å². The van der Waals surface area contributed by atoms with Crippen LogP contribution >= 0.6 is 21.6 Å². The lowest BCUT2D eigenvalue weighted by molar-refractivity contribution is -0.153. The Morgan fingerprint density at radius 2 is 1.37 bits per heavy atom. The van der Waals surface area contributed by atoms with Crippen molar-refractivity contribution in [2.45, 2.75) is 78.2 Å². The lowest BCUT2D eigenvalue weighted by atomic mass is 9.86. The van der Waals surface area contributed by atoms with Gasteiger partial charge in [-0.2, -0.15) is 0 Å². The van der Waals surface area contributed by atoms with Crippen molar-refractivity contribution in [1.82, 2.24) is 20.9 Å². The minimum Gasteiger partial charge on any atom is -0.507 e. The minimum absolute atomic E-state index is 0.0217. The van der Waals surface area contributed by atoms with Crippen LogP contribution in [-0.4, -0.2) is 89.6 Å². The summed E-state index contributed by atoms with van der Waals surface area (Å²) in [6, 6.07) is 15.4. The van der Waals surface area contributed by atoms with Crippen molar-refractivity contribution in [2.24, 2.45) is 5.41 Å². The average Bonchev–Trinajstić information content (AvgIpc) is 3.33. The number of aromatic nitrogens is 1. The molecule has 1 unspecified atom stereocenters. The minimum atomic E-state index is -1.36. The second-order valence-electron chi connectivity index (χ2n) is 15.6. The first-order chi connectivity index (χ1) is 32.9. The highest BCUT2D eigenvalue weighted by molar-refractivity contribution is 8.76. The van der Waals surface area contributed by atoms with Crippen LogP contribution in [0.1, 0.15) is 103 Å². The molecule has 14 nitrogen and oxygen atoms in total. The maximum Gasteiger partial charge on any atom is 0.347 e. The van der Waals surface area contributed by atoms with Crippen molar-refractivity contribution in [1.29, 1.82) is 0 Å². The molecule has 3 rings (SSSR count). The molecule has 0 fully saturated rings. The van der Waals surface area contributed by atoms with Crippen LogP contribution in [0.2, 0.25) is 0 Å². The summed E-state index contributed by atoms with van der Waals surface area (Å²) in [5.74, 6) is -2.41. The molecule has 3 aromatic rings. The lowest BCUT2D eigenvalue weighted by Gasteiger charge is -2.32. The Morgan fingerprint density at radius 1 is 0.721 bits per heavy atom. The van der Waals surface area contributed by atoms with Crippen LogP contribution in [0.4, 0.5) is 0 Å². The highest BCUT2D eigenvalue weighted by atomic mass is 33.1. The van der Waals surface area contributed by atoms with Crippen LogP contribution in [0, 0.1) is 5.41 Å². The lowest BCUT2D eigenvalue weighted by Crippen LogP contribution is -2.49. The number of allylic oxidation sites excluding steroid dienone is 10. The van der Waals surface area contributed by atoms with Crippen LogP contribution in [0.3, 0.4) is 0 Å². The van der Waals surface area contributed by atoms with Gasteiger partial charge in [-0.3, -0.25) is 24.2 Å². The van der Waals surface area contributed by atoms with Gasteiger partial charge in [0.15, 0.2) is 6.10 Å². The monoisotopic (exact) mass is 968 g/mol. The largest absolute Gasteiger partial charge is 0.507 e. The maximum atomic E-state index is 13.5. The first-order valence-electron chi connectivity index (χ1n) is 22.6. The molecule has 0 spiro atoms. The first kappa shape index (κ1) is 55.9. The van der Waals surface area contributed by atoms with E-state index in [0.717, 1.165) is 25.7 Å². The molecule has 68 heavy (non-hydrogen) atoms. The molecular formula is C52H64N4O10S2. The van der Waals surface area contributed by atoms with E-state index >= 15 is 0 Å². The van der Waals surface area contributed by atoms with Gasteiger partial charge in [-0.25, -0.2) is 9.59 Å². The number of pyridine rings is 1. The highest BCUT2D eigenvalue weighted by Gasteiger charge is 2.40. The molecule has 0 saturated heterocycles. The number of ether oxygens (including phenoxy) is 3. The van der Waals surface area contributed by atoms with Crippen LogP contribution in [0.25, 0.3) is 0 Å². The summed E-state index contributed by atoms with van der Waals surface area (Å²) in [6.45, 7) is 5.89. The van der Waals surface area contributed by atoms with Crippen LogP contribution in [0.5, 0.6) is 11.5 Å². The number of hydrogen-bond acceptors (Lipinski definition) is 13. The Bertz CT molecular complexity index is 2210. The van der Waals surface area contributed by atoms with Gasteiger partial charge in [0.2, 0.25) is 5.91 Å². The normalized spacial score (nSPS) is 12.2. The van der Waals surface area contributed by atoms with Crippen molar-refractivity contribution in [2.75, 3.05) is 37.7 Å². The van der Waals surface area contributed by atoms with Crippen LogP contribution < -0.4 is 20.7 Å². The maximum absolute atomic E-state index is 13.5. The number of nitrogens with one attached hydrogen (secondary N) is 3. The van der Waals surface area contributed by atoms with E-state index in [2.05, 4.69) is 70.4 Å². The molecule has 4 N–H and O–H groups in total. The van der Waals surface area contributed by atoms with Crippen molar-refractivity contribution in [3.8, 4) is 11.5 Å². The Morgan fingerprint density at radius 3 is 2.06 bits per heavy atom. The standard InChI is InChI=1S/C52H64N4O10S2/c1-4-5-6-7-8-9-10-11-12-13-14-15-16-17-18-19-30-46(59)64-39-52(2,3)47(66-50(62)40-25-24-32-53-38-40)49(61)55-33-31-45(58)54-34-36-67-68-37-35-56-48(60)42-27-21-23-29-44(42)65-51(63)41-26-20-22-28-43(41)57/h5-6,8-9,11-12,14-17,20-29,32,38,47,57H,4,7,10,13,18-19,30-31,33-37,39H2,1-3H3,(H,54,58)(H,55,61)(H,56,60). The summed E-state index contributed by atoms with van der Waals surface area (Å²) >= 11 is 0. The number of carbonyl (C=O) groups is 6. The van der Waals surface area contributed by atoms with Gasteiger partial charge in [0, 0.05) is 61.8 Å². The third-order valence-electron chi connectivity index (χ3n) is 9.53. The van der Waals surface area contributed by atoms with E-state index in [1.165, 1.54) is 64.3 Å². The Hall–Kier alpha value is -6.39. The van der Waals surface area contributed by atoms with E-state index in [0.29, 0.717) is 37.4 Å². The second kappa shape index (κ2) is 33.1. The van der Waals surface area contributed by atoms with Crippen molar-refractivity contribution in [3.05, 3.63) is 151 Å². The van der Waals surface area contributed by atoms with Crippen molar-refractivity contribution < 1.29 is 48.1 Å². The molecule has 0 aliphatic carbocycles. The third-order valence-corrected chi connectivity index (χ3v) is 11.9. The molecule has 16 heteroatoms. The molecule has 1 atom stereocenters. The van der Waals surface area contributed by atoms with Crippen LogP contribution in [-0.2, 0) is 23.9 Å². The second-order valence-corrected chi connectivity index (χ2v) is 18.4. The average molecular weight is 969 g/mol. The molecule has 0 bridgehead atoms. The van der Waals surface area contributed by atoms with Gasteiger partial charge in [-0.15, -0.1) is 0 Å². The number of hydrogen-bond donors (Lipinski definition) is 4. The van der Waals surface area contributed by atoms with Gasteiger partial charge in [0.25, 0.3) is 11.8 Å². The number of para-hydroxylation sites is 2. The van der Waals surface area contributed by atoms with Gasteiger partial charge >= 0.3 is 17.9 Å². The summed E-state index contributed by atoms with van der Waals surface area (Å²) in [4.78, 5) is 81.2. The Labute approximate surface area is 407 Å². The molecule has 0 saturated carbocycles. The summed E-state index contributed by atoms with van der Waals surface area (Å²) in [5, 5.41) is 18.3. The number of amides is 3. The number of phenols is 1.